The zero-order chi connectivity index (χ0) is 13.0. The van der Waals surface area contributed by atoms with Gasteiger partial charge in [0.05, 0.1) is 0 Å². The molecule has 0 aliphatic carbocycles. The van der Waals surface area contributed by atoms with Gasteiger partial charge in [-0.2, -0.15) is 0 Å². The molecule has 0 radical (unpaired) electrons. The summed E-state index contributed by atoms with van der Waals surface area (Å²) in [4.78, 5) is 2.62. The van der Waals surface area contributed by atoms with Gasteiger partial charge in [-0.25, -0.2) is 0 Å². The molecule has 18 heavy (non-hydrogen) atoms. The van der Waals surface area contributed by atoms with E-state index < -0.39 is 0 Å². The van der Waals surface area contributed by atoms with Crippen LogP contribution in [0.2, 0.25) is 0 Å². The number of nitrogens with one attached hydrogen (secondary N) is 1. The van der Waals surface area contributed by atoms with Gasteiger partial charge in [0.2, 0.25) is 0 Å². The van der Waals surface area contributed by atoms with E-state index in [9.17, 15) is 0 Å². The number of nitrogens with zero attached hydrogens (tertiary/aromatic N) is 1. The summed E-state index contributed by atoms with van der Waals surface area (Å²) in [5.41, 5.74) is 1.44. The first-order chi connectivity index (χ1) is 8.72. The monoisotopic (exact) mass is 246 g/mol. The number of hydrogen-bond donors (Lipinski definition) is 1. The van der Waals surface area contributed by atoms with Crippen LogP contribution in [0.1, 0.15) is 38.3 Å². The third-order valence-electron chi connectivity index (χ3n) is 4.57. The Labute approximate surface area is 111 Å². The molecular weight excluding hydrogens is 220 g/mol. The van der Waals surface area contributed by atoms with E-state index in [0.717, 1.165) is 5.92 Å². The van der Waals surface area contributed by atoms with Gasteiger partial charge in [-0.05, 0) is 58.3 Å². The predicted octanol–water partition coefficient (Wildman–Crippen LogP) is 3.07. The van der Waals surface area contributed by atoms with Crippen LogP contribution < -0.4 is 5.32 Å². The fourth-order valence-electron chi connectivity index (χ4n) is 2.98. The van der Waals surface area contributed by atoms with Gasteiger partial charge in [0.25, 0.3) is 0 Å². The lowest BCUT2D eigenvalue weighted by atomic mass is 9.89. The van der Waals surface area contributed by atoms with Crippen molar-refractivity contribution in [2.75, 3.05) is 20.1 Å². The summed E-state index contributed by atoms with van der Waals surface area (Å²) >= 11 is 0. The number of piperidine rings is 1. The molecule has 1 aromatic carbocycles. The highest BCUT2D eigenvalue weighted by Gasteiger charge is 2.25. The topological polar surface area (TPSA) is 15.3 Å². The first kappa shape index (κ1) is 13.6. The summed E-state index contributed by atoms with van der Waals surface area (Å²) in [6.07, 6.45) is 2.64. The second kappa shape index (κ2) is 6.35. The van der Waals surface area contributed by atoms with E-state index in [1.807, 2.05) is 0 Å². The van der Waals surface area contributed by atoms with E-state index in [1.165, 1.54) is 31.5 Å². The summed E-state index contributed by atoms with van der Waals surface area (Å²) < 4.78 is 0. The Morgan fingerprint density at radius 3 is 2.28 bits per heavy atom. The van der Waals surface area contributed by atoms with Crippen LogP contribution >= 0.6 is 0 Å². The van der Waals surface area contributed by atoms with E-state index >= 15 is 0 Å². The largest absolute Gasteiger partial charge is 0.317 e. The summed E-state index contributed by atoms with van der Waals surface area (Å²) in [6.45, 7) is 7.09. The standard InChI is InChI=1S/C16H26N2/c1-13(17-3)15-9-11-18(12-10-15)14(2)16-7-5-4-6-8-16/h4-8,13-15,17H,9-12H2,1-3H3. The van der Waals surface area contributed by atoms with Crippen LogP contribution in [0.15, 0.2) is 30.3 Å². The first-order valence-electron chi connectivity index (χ1n) is 7.18. The molecule has 2 heteroatoms. The van der Waals surface area contributed by atoms with Crippen molar-refractivity contribution in [3.8, 4) is 0 Å². The fourth-order valence-corrected chi connectivity index (χ4v) is 2.98. The highest BCUT2D eigenvalue weighted by atomic mass is 15.2. The molecule has 2 nitrogen and oxygen atoms in total. The highest BCUT2D eigenvalue weighted by Crippen LogP contribution is 2.27. The van der Waals surface area contributed by atoms with Crippen molar-refractivity contribution in [2.24, 2.45) is 5.92 Å². The molecule has 0 amide bonds. The van der Waals surface area contributed by atoms with E-state index in [2.05, 4.69) is 61.4 Å². The van der Waals surface area contributed by atoms with Crippen molar-refractivity contribution >= 4 is 0 Å². The first-order valence-corrected chi connectivity index (χ1v) is 7.18. The van der Waals surface area contributed by atoms with E-state index in [0.29, 0.717) is 12.1 Å². The van der Waals surface area contributed by atoms with Crippen molar-refractivity contribution in [1.29, 1.82) is 0 Å². The molecule has 0 saturated carbocycles. The highest BCUT2D eigenvalue weighted by molar-refractivity contribution is 5.18. The summed E-state index contributed by atoms with van der Waals surface area (Å²) in [7, 11) is 2.07. The van der Waals surface area contributed by atoms with Crippen LogP contribution in [-0.4, -0.2) is 31.1 Å². The van der Waals surface area contributed by atoms with Gasteiger partial charge in [0, 0.05) is 12.1 Å². The number of likely N-dealkylation sites (tertiary alicyclic amines) is 1. The lowest BCUT2D eigenvalue weighted by molar-refractivity contribution is 0.127. The number of benzene rings is 1. The summed E-state index contributed by atoms with van der Waals surface area (Å²) in [5.74, 6) is 0.842. The van der Waals surface area contributed by atoms with Crippen molar-refractivity contribution in [3.63, 3.8) is 0 Å². The van der Waals surface area contributed by atoms with E-state index in [-0.39, 0.29) is 0 Å². The molecule has 1 heterocycles. The van der Waals surface area contributed by atoms with Gasteiger partial charge >= 0.3 is 0 Å². The molecule has 1 aliphatic rings. The zero-order valence-corrected chi connectivity index (χ0v) is 11.9. The van der Waals surface area contributed by atoms with Gasteiger partial charge in [-0.1, -0.05) is 30.3 Å². The van der Waals surface area contributed by atoms with Crippen molar-refractivity contribution in [2.45, 2.75) is 38.8 Å². The normalized spacial score (nSPS) is 21.7. The Hall–Kier alpha value is -0.860. The minimum Gasteiger partial charge on any atom is -0.317 e. The third kappa shape index (κ3) is 3.12. The molecule has 1 aliphatic heterocycles. The van der Waals surface area contributed by atoms with Gasteiger partial charge in [0.15, 0.2) is 0 Å². The molecule has 2 rings (SSSR count). The van der Waals surface area contributed by atoms with Crippen LogP contribution in [0.5, 0.6) is 0 Å². The Balaban J connectivity index is 1.90. The molecule has 0 bridgehead atoms. The quantitative estimate of drug-likeness (QED) is 0.878. The molecule has 1 aromatic rings. The van der Waals surface area contributed by atoms with Crippen molar-refractivity contribution < 1.29 is 0 Å². The second-order valence-corrected chi connectivity index (χ2v) is 5.54. The Morgan fingerprint density at radius 2 is 1.72 bits per heavy atom. The number of hydrogen-bond acceptors (Lipinski definition) is 2. The minimum atomic E-state index is 0.553. The van der Waals surface area contributed by atoms with Gasteiger partial charge in [-0.15, -0.1) is 0 Å². The molecule has 100 valence electrons. The summed E-state index contributed by atoms with van der Waals surface area (Å²) in [6, 6.07) is 12.1. The summed E-state index contributed by atoms with van der Waals surface area (Å²) in [5, 5.41) is 3.39. The van der Waals surface area contributed by atoms with Crippen LogP contribution in [0, 0.1) is 5.92 Å². The Bertz CT molecular complexity index is 341. The SMILES string of the molecule is CNC(C)C1CCN(C(C)c2ccccc2)CC1. The molecule has 0 spiro atoms. The fraction of sp³-hybridized carbons (Fsp3) is 0.625. The van der Waals surface area contributed by atoms with Gasteiger partial charge in [0.1, 0.15) is 0 Å². The van der Waals surface area contributed by atoms with Crippen molar-refractivity contribution in [1.82, 2.24) is 10.2 Å². The maximum Gasteiger partial charge on any atom is 0.0319 e. The Morgan fingerprint density at radius 1 is 1.11 bits per heavy atom. The smallest absolute Gasteiger partial charge is 0.0319 e. The molecular formula is C16H26N2. The van der Waals surface area contributed by atoms with Gasteiger partial charge in [-0.3, -0.25) is 4.90 Å². The second-order valence-electron chi connectivity index (χ2n) is 5.54. The van der Waals surface area contributed by atoms with Gasteiger partial charge < -0.3 is 5.32 Å². The average molecular weight is 246 g/mol. The molecule has 1 N–H and O–H groups in total. The Kier molecular flexibility index (Phi) is 4.79. The molecule has 2 atom stereocenters. The molecule has 0 aromatic heterocycles. The minimum absolute atomic E-state index is 0.553. The lowest BCUT2D eigenvalue weighted by Gasteiger charge is -2.38. The molecule has 1 saturated heterocycles. The lowest BCUT2D eigenvalue weighted by Crippen LogP contribution is -2.41. The maximum absolute atomic E-state index is 3.39. The van der Waals surface area contributed by atoms with Crippen LogP contribution in [0.3, 0.4) is 0 Å². The average Bonchev–Trinajstić information content (AvgIpc) is 2.47. The van der Waals surface area contributed by atoms with E-state index in [1.54, 1.807) is 0 Å². The number of rotatable bonds is 4. The third-order valence-corrected chi connectivity index (χ3v) is 4.57. The maximum atomic E-state index is 3.39. The molecule has 2 unspecified atom stereocenters. The van der Waals surface area contributed by atoms with Crippen LogP contribution in [0.25, 0.3) is 0 Å². The predicted molar refractivity (Wildman–Crippen MR) is 77.7 cm³/mol. The van der Waals surface area contributed by atoms with Crippen LogP contribution in [-0.2, 0) is 0 Å². The zero-order valence-electron chi connectivity index (χ0n) is 11.9. The molecule has 1 fully saturated rings. The van der Waals surface area contributed by atoms with Crippen LogP contribution in [0.4, 0.5) is 0 Å². The van der Waals surface area contributed by atoms with E-state index in [4.69, 9.17) is 0 Å². The van der Waals surface area contributed by atoms with Crippen molar-refractivity contribution in [3.05, 3.63) is 35.9 Å².